The van der Waals surface area contributed by atoms with Crippen molar-refractivity contribution in [2.75, 3.05) is 7.05 Å². The lowest BCUT2D eigenvalue weighted by molar-refractivity contribution is -0.137. The van der Waals surface area contributed by atoms with Crippen molar-refractivity contribution in [3.05, 3.63) is 11.7 Å². The van der Waals surface area contributed by atoms with Gasteiger partial charge in [-0.05, 0) is 19.3 Å². The van der Waals surface area contributed by atoms with Gasteiger partial charge >= 0.3 is 0 Å². The molecule has 0 unspecified atom stereocenters. The van der Waals surface area contributed by atoms with E-state index in [1.807, 2.05) is 0 Å². The minimum Gasteiger partial charge on any atom is -0.393 e. The zero-order valence-electron chi connectivity index (χ0n) is 10.8. The van der Waals surface area contributed by atoms with Crippen LogP contribution in [-0.2, 0) is 11.3 Å². The zero-order chi connectivity index (χ0) is 13.1. The smallest absolute Gasteiger partial charge is 0.225 e. The van der Waals surface area contributed by atoms with E-state index in [0.717, 1.165) is 19.3 Å². The fourth-order valence-electron chi connectivity index (χ4n) is 2.40. The van der Waals surface area contributed by atoms with Crippen LogP contribution in [0.4, 0.5) is 0 Å². The second-order valence-corrected chi connectivity index (χ2v) is 4.94. The second-order valence-electron chi connectivity index (χ2n) is 4.94. The highest BCUT2D eigenvalue weighted by Crippen LogP contribution is 2.25. The first kappa shape index (κ1) is 13.0. The third-order valence-electron chi connectivity index (χ3n) is 3.32. The topological polar surface area (TPSA) is 79.5 Å². The van der Waals surface area contributed by atoms with E-state index >= 15 is 0 Å². The van der Waals surface area contributed by atoms with E-state index in [1.165, 1.54) is 0 Å². The quantitative estimate of drug-likeness (QED) is 0.865. The van der Waals surface area contributed by atoms with Gasteiger partial charge in [0.2, 0.25) is 11.8 Å². The summed E-state index contributed by atoms with van der Waals surface area (Å²) in [6, 6.07) is 0. The number of aryl methyl sites for hydroxylation is 1. The van der Waals surface area contributed by atoms with Crippen LogP contribution in [0.1, 0.15) is 37.4 Å². The van der Waals surface area contributed by atoms with Crippen molar-refractivity contribution in [3.63, 3.8) is 0 Å². The monoisotopic (exact) mass is 253 g/mol. The number of aliphatic hydroxyl groups is 1. The van der Waals surface area contributed by atoms with Crippen LogP contribution in [0, 0.1) is 12.8 Å². The van der Waals surface area contributed by atoms with Gasteiger partial charge in [-0.15, -0.1) is 0 Å². The summed E-state index contributed by atoms with van der Waals surface area (Å²) in [5, 5.41) is 13.4. The average molecular weight is 253 g/mol. The molecule has 0 spiro atoms. The fraction of sp³-hybridized carbons (Fsp3) is 0.750. The first-order valence-corrected chi connectivity index (χ1v) is 6.28. The number of amides is 1. The number of nitrogens with zero attached hydrogens (tertiary/aromatic N) is 3. The Hall–Kier alpha value is -1.43. The highest BCUT2D eigenvalue weighted by molar-refractivity contribution is 5.78. The van der Waals surface area contributed by atoms with Crippen molar-refractivity contribution in [3.8, 4) is 0 Å². The maximum Gasteiger partial charge on any atom is 0.225 e. The average Bonchev–Trinajstić information content (AvgIpc) is 2.73. The molecule has 1 fully saturated rings. The minimum absolute atomic E-state index is 0.0520. The van der Waals surface area contributed by atoms with Crippen molar-refractivity contribution in [2.24, 2.45) is 5.92 Å². The van der Waals surface area contributed by atoms with Crippen molar-refractivity contribution in [2.45, 2.75) is 45.3 Å². The summed E-state index contributed by atoms with van der Waals surface area (Å²) in [7, 11) is 1.73. The first-order valence-electron chi connectivity index (χ1n) is 6.28. The van der Waals surface area contributed by atoms with E-state index in [4.69, 9.17) is 4.52 Å². The number of rotatable bonds is 3. The van der Waals surface area contributed by atoms with Crippen molar-refractivity contribution in [1.82, 2.24) is 15.0 Å². The Morgan fingerprint density at radius 2 is 2.33 bits per heavy atom. The van der Waals surface area contributed by atoms with Gasteiger partial charge in [-0.25, -0.2) is 0 Å². The van der Waals surface area contributed by atoms with Gasteiger partial charge < -0.3 is 14.5 Å². The van der Waals surface area contributed by atoms with E-state index in [2.05, 4.69) is 10.1 Å². The SMILES string of the molecule is Cc1nc(CN(C)C(=O)[C@H]2CCC[C@@H](O)C2)no1. The lowest BCUT2D eigenvalue weighted by Gasteiger charge is -2.28. The predicted molar refractivity (Wildman–Crippen MR) is 63.5 cm³/mol. The van der Waals surface area contributed by atoms with Crippen LogP contribution < -0.4 is 0 Å². The lowest BCUT2D eigenvalue weighted by atomic mass is 9.86. The molecular weight excluding hydrogens is 234 g/mol. The number of carbonyl (C=O) groups excluding carboxylic acids is 1. The molecule has 18 heavy (non-hydrogen) atoms. The highest BCUT2D eigenvalue weighted by Gasteiger charge is 2.28. The van der Waals surface area contributed by atoms with Gasteiger partial charge in [0.05, 0.1) is 12.6 Å². The molecular formula is C12H19N3O3. The Morgan fingerprint density at radius 1 is 1.56 bits per heavy atom. The molecule has 6 nitrogen and oxygen atoms in total. The molecule has 6 heteroatoms. The molecule has 0 aliphatic heterocycles. The molecule has 0 bridgehead atoms. The standard InChI is InChI=1S/C12H19N3O3/c1-8-13-11(14-18-8)7-15(2)12(17)9-4-3-5-10(16)6-9/h9-10,16H,3-7H2,1-2H3/t9-,10+/m0/s1. The van der Waals surface area contributed by atoms with Crippen molar-refractivity contribution < 1.29 is 14.4 Å². The van der Waals surface area contributed by atoms with Crippen LogP contribution >= 0.6 is 0 Å². The van der Waals surface area contributed by atoms with E-state index in [-0.39, 0.29) is 17.9 Å². The molecule has 1 aromatic heterocycles. The van der Waals surface area contributed by atoms with Gasteiger partial charge in [0, 0.05) is 19.9 Å². The third-order valence-corrected chi connectivity index (χ3v) is 3.32. The molecule has 1 aromatic rings. The number of hydrogen-bond donors (Lipinski definition) is 1. The van der Waals surface area contributed by atoms with E-state index in [0.29, 0.717) is 24.7 Å². The van der Waals surface area contributed by atoms with Gasteiger partial charge in [0.25, 0.3) is 0 Å². The Bertz CT molecular complexity index is 418. The Balaban J connectivity index is 1.91. The molecule has 2 rings (SSSR count). The molecule has 0 aromatic carbocycles. The largest absolute Gasteiger partial charge is 0.393 e. The Kier molecular flexibility index (Phi) is 3.96. The molecule has 1 aliphatic rings. The number of hydrogen-bond acceptors (Lipinski definition) is 5. The van der Waals surface area contributed by atoms with Crippen molar-refractivity contribution in [1.29, 1.82) is 0 Å². The summed E-state index contributed by atoms with van der Waals surface area (Å²) < 4.78 is 4.87. The third kappa shape index (κ3) is 3.07. The van der Waals surface area contributed by atoms with Crippen LogP contribution in [0.3, 0.4) is 0 Å². The van der Waals surface area contributed by atoms with Crippen LogP contribution in [-0.4, -0.2) is 39.2 Å². The summed E-state index contributed by atoms with van der Waals surface area (Å²) in [4.78, 5) is 17.9. The summed E-state index contributed by atoms with van der Waals surface area (Å²) in [5.74, 6) is 0.988. The molecule has 1 saturated carbocycles. The van der Waals surface area contributed by atoms with Crippen LogP contribution in [0.25, 0.3) is 0 Å². The van der Waals surface area contributed by atoms with Crippen molar-refractivity contribution >= 4 is 5.91 Å². The number of carbonyl (C=O) groups is 1. The molecule has 0 saturated heterocycles. The van der Waals surface area contributed by atoms with E-state index < -0.39 is 0 Å². The van der Waals surface area contributed by atoms with Gasteiger partial charge in [-0.1, -0.05) is 11.6 Å². The van der Waals surface area contributed by atoms with Crippen LogP contribution in [0.5, 0.6) is 0 Å². The summed E-state index contributed by atoms with van der Waals surface area (Å²) in [6.07, 6.45) is 2.79. The van der Waals surface area contributed by atoms with Gasteiger partial charge in [-0.3, -0.25) is 4.79 Å². The normalized spacial score (nSPS) is 23.9. The highest BCUT2D eigenvalue weighted by atomic mass is 16.5. The summed E-state index contributed by atoms with van der Waals surface area (Å²) in [6.45, 7) is 2.07. The Labute approximate surface area is 106 Å². The molecule has 1 heterocycles. The first-order chi connectivity index (χ1) is 8.56. The zero-order valence-corrected chi connectivity index (χ0v) is 10.8. The fourth-order valence-corrected chi connectivity index (χ4v) is 2.40. The molecule has 1 N–H and O–H groups in total. The Morgan fingerprint density at radius 3 is 2.94 bits per heavy atom. The van der Waals surface area contributed by atoms with Gasteiger partial charge in [0.1, 0.15) is 0 Å². The molecule has 2 atom stereocenters. The summed E-state index contributed by atoms with van der Waals surface area (Å²) in [5.41, 5.74) is 0. The summed E-state index contributed by atoms with van der Waals surface area (Å²) >= 11 is 0. The molecule has 0 radical (unpaired) electrons. The predicted octanol–water partition coefficient (Wildman–Crippen LogP) is 0.888. The number of aliphatic hydroxyl groups excluding tert-OH is 1. The van der Waals surface area contributed by atoms with Gasteiger partial charge in [0.15, 0.2) is 5.82 Å². The number of aromatic nitrogens is 2. The minimum atomic E-state index is -0.339. The second kappa shape index (κ2) is 5.48. The van der Waals surface area contributed by atoms with Gasteiger partial charge in [-0.2, -0.15) is 4.98 Å². The lowest BCUT2D eigenvalue weighted by Crippen LogP contribution is -2.36. The maximum absolute atomic E-state index is 12.2. The van der Waals surface area contributed by atoms with E-state index in [9.17, 15) is 9.90 Å². The van der Waals surface area contributed by atoms with E-state index in [1.54, 1.807) is 18.9 Å². The van der Waals surface area contributed by atoms with Crippen LogP contribution in [0.15, 0.2) is 4.52 Å². The molecule has 1 amide bonds. The maximum atomic E-state index is 12.2. The molecule has 100 valence electrons. The molecule has 1 aliphatic carbocycles. The van der Waals surface area contributed by atoms with Crippen LogP contribution in [0.2, 0.25) is 0 Å².